The highest BCUT2D eigenvalue weighted by molar-refractivity contribution is 6.67. The Kier molecular flexibility index (Phi) is 3.12. The van der Waals surface area contributed by atoms with Crippen LogP contribution in [0.25, 0.3) is 0 Å². The maximum atomic E-state index is 10.7. The Morgan fingerprint density at radius 2 is 1.83 bits per heavy atom. The summed E-state index contributed by atoms with van der Waals surface area (Å²) >= 11 is 11.1. The van der Waals surface area contributed by atoms with Crippen LogP contribution in [0.4, 0.5) is 0 Å². The molecule has 3 heteroatoms. The van der Waals surface area contributed by atoms with E-state index in [0.717, 1.165) is 5.56 Å². The summed E-state index contributed by atoms with van der Waals surface area (Å²) in [6.45, 7) is 1.87. The van der Waals surface area contributed by atoms with Crippen LogP contribution in [0.5, 0.6) is 0 Å². The van der Waals surface area contributed by atoms with Crippen molar-refractivity contribution in [1.82, 2.24) is 0 Å². The second-order valence-corrected chi connectivity index (χ2v) is 3.51. The fraction of sp³-hybridized carbons (Fsp3) is 0.222. The van der Waals surface area contributed by atoms with Crippen molar-refractivity contribution in [3.63, 3.8) is 0 Å². The number of benzene rings is 1. The first-order valence-corrected chi connectivity index (χ1v) is 4.36. The predicted octanol–water partition coefficient (Wildman–Crippen LogP) is 3.37. The average molecular weight is 203 g/mol. The van der Waals surface area contributed by atoms with Crippen LogP contribution in [-0.2, 0) is 0 Å². The number of carbonyl (C=O) groups is 1. The van der Waals surface area contributed by atoms with Crippen molar-refractivity contribution in [3.05, 3.63) is 35.4 Å². The van der Waals surface area contributed by atoms with Gasteiger partial charge in [0.25, 0.3) is 5.24 Å². The van der Waals surface area contributed by atoms with Gasteiger partial charge in [-0.2, -0.15) is 0 Å². The van der Waals surface area contributed by atoms with Crippen LogP contribution in [0.3, 0.4) is 0 Å². The molecule has 1 aromatic carbocycles. The van der Waals surface area contributed by atoms with Crippen molar-refractivity contribution in [3.8, 4) is 0 Å². The molecule has 0 aromatic heterocycles. The molecular formula is C9H8Cl2O. The molecule has 1 atom stereocenters. The summed E-state index contributed by atoms with van der Waals surface area (Å²) < 4.78 is 0. The summed E-state index contributed by atoms with van der Waals surface area (Å²) in [6.07, 6.45) is 0. The van der Waals surface area contributed by atoms with Gasteiger partial charge in [-0.25, -0.2) is 0 Å². The molecule has 0 aliphatic heterocycles. The number of hydrogen-bond donors (Lipinski definition) is 0. The van der Waals surface area contributed by atoms with E-state index < -0.39 is 5.24 Å². The largest absolute Gasteiger partial charge is 0.276 e. The molecule has 0 heterocycles. The summed E-state index contributed by atoms with van der Waals surface area (Å²) in [4.78, 5) is 10.7. The van der Waals surface area contributed by atoms with E-state index in [1.54, 1.807) is 24.3 Å². The van der Waals surface area contributed by atoms with Crippen molar-refractivity contribution in [2.75, 3.05) is 0 Å². The molecule has 1 nitrogen and oxygen atoms in total. The number of carbonyl (C=O) groups excluding carboxylic acids is 1. The minimum atomic E-state index is -0.441. The summed E-state index contributed by atoms with van der Waals surface area (Å²) in [5, 5.41) is -0.478. The summed E-state index contributed by atoms with van der Waals surface area (Å²) in [7, 11) is 0. The van der Waals surface area contributed by atoms with Crippen LogP contribution in [0.2, 0.25) is 0 Å². The first kappa shape index (κ1) is 9.56. The molecule has 0 saturated carbocycles. The van der Waals surface area contributed by atoms with E-state index in [1.807, 2.05) is 6.92 Å². The Hall–Kier alpha value is -0.530. The van der Waals surface area contributed by atoms with Crippen molar-refractivity contribution < 1.29 is 4.79 Å². The summed E-state index contributed by atoms with van der Waals surface area (Å²) in [6, 6.07) is 6.94. The zero-order valence-corrected chi connectivity index (χ0v) is 8.06. The lowest BCUT2D eigenvalue weighted by atomic mass is 10.1. The molecule has 0 saturated heterocycles. The summed E-state index contributed by atoms with van der Waals surface area (Å²) in [5.41, 5.74) is 1.48. The van der Waals surface area contributed by atoms with E-state index >= 15 is 0 Å². The monoisotopic (exact) mass is 202 g/mol. The Morgan fingerprint density at radius 1 is 1.33 bits per heavy atom. The second kappa shape index (κ2) is 3.92. The molecule has 0 bridgehead atoms. The number of alkyl halides is 1. The van der Waals surface area contributed by atoms with E-state index in [0.29, 0.717) is 5.56 Å². The zero-order chi connectivity index (χ0) is 9.14. The molecule has 1 aromatic rings. The van der Waals surface area contributed by atoms with Gasteiger partial charge >= 0.3 is 0 Å². The van der Waals surface area contributed by atoms with Crippen molar-refractivity contribution in [2.45, 2.75) is 12.3 Å². The van der Waals surface area contributed by atoms with Crippen LogP contribution in [0, 0.1) is 0 Å². The van der Waals surface area contributed by atoms with Gasteiger partial charge in [0.05, 0.1) is 5.38 Å². The quantitative estimate of drug-likeness (QED) is 0.532. The van der Waals surface area contributed by atoms with Crippen LogP contribution in [0.15, 0.2) is 24.3 Å². The topological polar surface area (TPSA) is 17.1 Å². The highest BCUT2D eigenvalue weighted by atomic mass is 35.5. The Morgan fingerprint density at radius 3 is 2.17 bits per heavy atom. The average Bonchev–Trinajstić information content (AvgIpc) is 2.04. The second-order valence-electron chi connectivity index (χ2n) is 2.51. The molecule has 0 amide bonds. The Balaban J connectivity index is 2.93. The van der Waals surface area contributed by atoms with Gasteiger partial charge in [-0.3, -0.25) is 4.79 Å². The van der Waals surface area contributed by atoms with E-state index in [-0.39, 0.29) is 5.38 Å². The molecular weight excluding hydrogens is 195 g/mol. The number of hydrogen-bond acceptors (Lipinski definition) is 1. The van der Waals surface area contributed by atoms with Crippen molar-refractivity contribution in [2.24, 2.45) is 0 Å². The standard InChI is InChI=1S/C9H8Cl2O/c1-6(10)7-2-4-8(5-3-7)9(11)12/h2-6H,1H3/t6-/m0/s1. The maximum Gasteiger partial charge on any atom is 0.252 e. The third-order valence-electron chi connectivity index (χ3n) is 1.60. The van der Waals surface area contributed by atoms with Gasteiger partial charge in [0.15, 0.2) is 0 Å². The lowest BCUT2D eigenvalue weighted by Crippen LogP contribution is -1.90. The predicted molar refractivity (Wildman–Crippen MR) is 50.9 cm³/mol. The van der Waals surface area contributed by atoms with Gasteiger partial charge in [-0.15, -0.1) is 11.6 Å². The van der Waals surface area contributed by atoms with E-state index in [4.69, 9.17) is 23.2 Å². The van der Waals surface area contributed by atoms with Crippen LogP contribution in [-0.4, -0.2) is 5.24 Å². The van der Waals surface area contributed by atoms with E-state index in [2.05, 4.69) is 0 Å². The zero-order valence-electron chi connectivity index (χ0n) is 6.55. The number of halogens is 2. The van der Waals surface area contributed by atoms with Gasteiger partial charge in [-0.1, -0.05) is 12.1 Å². The summed E-state index contributed by atoms with van der Waals surface area (Å²) in [5.74, 6) is 0. The fourth-order valence-electron chi connectivity index (χ4n) is 0.879. The normalized spacial score (nSPS) is 12.6. The van der Waals surface area contributed by atoms with Crippen molar-refractivity contribution >= 4 is 28.4 Å². The molecule has 64 valence electrons. The van der Waals surface area contributed by atoms with Gasteiger partial charge in [-0.05, 0) is 36.2 Å². The molecule has 0 N–H and O–H groups in total. The first-order chi connectivity index (χ1) is 5.61. The molecule has 12 heavy (non-hydrogen) atoms. The SMILES string of the molecule is C[C@H](Cl)c1ccc(C(=O)Cl)cc1. The third-order valence-corrected chi connectivity index (χ3v) is 2.07. The molecule has 0 aliphatic rings. The lowest BCUT2D eigenvalue weighted by Gasteiger charge is -2.02. The highest BCUT2D eigenvalue weighted by Gasteiger charge is 2.03. The lowest BCUT2D eigenvalue weighted by molar-refractivity contribution is 0.108. The third kappa shape index (κ3) is 2.23. The van der Waals surface area contributed by atoms with Gasteiger partial charge in [0.2, 0.25) is 0 Å². The fourth-order valence-corrected chi connectivity index (χ4v) is 1.15. The highest BCUT2D eigenvalue weighted by Crippen LogP contribution is 2.19. The van der Waals surface area contributed by atoms with Crippen molar-refractivity contribution in [1.29, 1.82) is 0 Å². The minimum absolute atomic E-state index is 0.0375. The molecule has 1 rings (SSSR count). The van der Waals surface area contributed by atoms with Crippen LogP contribution >= 0.6 is 23.2 Å². The van der Waals surface area contributed by atoms with Crippen LogP contribution < -0.4 is 0 Å². The first-order valence-electron chi connectivity index (χ1n) is 3.55. The Bertz CT molecular complexity index is 277. The van der Waals surface area contributed by atoms with E-state index in [1.165, 1.54) is 0 Å². The maximum absolute atomic E-state index is 10.7. The Labute approximate surface area is 81.3 Å². The van der Waals surface area contributed by atoms with Gasteiger partial charge in [0.1, 0.15) is 0 Å². The van der Waals surface area contributed by atoms with Gasteiger partial charge < -0.3 is 0 Å². The minimum Gasteiger partial charge on any atom is -0.276 e. The smallest absolute Gasteiger partial charge is 0.252 e. The molecule has 0 aliphatic carbocycles. The molecule has 0 unspecified atom stereocenters. The molecule has 0 radical (unpaired) electrons. The van der Waals surface area contributed by atoms with E-state index in [9.17, 15) is 4.79 Å². The molecule has 0 spiro atoms. The van der Waals surface area contributed by atoms with Gasteiger partial charge in [0, 0.05) is 5.56 Å². The van der Waals surface area contributed by atoms with Crippen LogP contribution in [0.1, 0.15) is 28.2 Å². The molecule has 0 fully saturated rings. The number of rotatable bonds is 2.